The molecule has 0 radical (unpaired) electrons. The van der Waals surface area contributed by atoms with Crippen molar-refractivity contribution in [3.8, 4) is 5.69 Å². The molecule has 1 N–H and O–H groups in total. The first kappa shape index (κ1) is 21.3. The van der Waals surface area contributed by atoms with Crippen molar-refractivity contribution in [2.24, 2.45) is 0 Å². The zero-order valence-electron chi connectivity index (χ0n) is 17.9. The molecule has 156 valence electrons. The van der Waals surface area contributed by atoms with Crippen molar-refractivity contribution in [2.45, 2.75) is 40.0 Å². The predicted molar refractivity (Wildman–Crippen MR) is 117 cm³/mol. The third kappa shape index (κ3) is 4.76. The van der Waals surface area contributed by atoms with Gasteiger partial charge in [0.05, 0.1) is 18.5 Å². The van der Waals surface area contributed by atoms with Gasteiger partial charge in [-0.25, -0.2) is 4.68 Å². The number of esters is 1. The van der Waals surface area contributed by atoms with Crippen LogP contribution in [0.2, 0.25) is 0 Å². The summed E-state index contributed by atoms with van der Waals surface area (Å²) in [5.41, 5.74) is 6.34. The minimum Gasteiger partial charge on any atom is -0.469 e. The van der Waals surface area contributed by atoms with Gasteiger partial charge in [0.2, 0.25) is 0 Å². The summed E-state index contributed by atoms with van der Waals surface area (Å²) in [6, 6.07) is 15.2. The summed E-state index contributed by atoms with van der Waals surface area (Å²) in [6.07, 6.45) is 1.87. The molecule has 0 spiro atoms. The maximum Gasteiger partial charge on any atom is 0.305 e. The van der Waals surface area contributed by atoms with Gasteiger partial charge < -0.3 is 10.1 Å². The van der Waals surface area contributed by atoms with Gasteiger partial charge >= 0.3 is 5.97 Å². The van der Waals surface area contributed by atoms with E-state index in [0.717, 1.165) is 34.7 Å². The quantitative estimate of drug-likeness (QED) is 0.591. The van der Waals surface area contributed by atoms with Crippen LogP contribution in [0.15, 0.2) is 48.5 Å². The van der Waals surface area contributed by atoms with Crippen molar-refractivity contribution < 1.29 is 14.3 Å². The van der Waals surface area contributed by atoms with Gasteiger partial charge in [-0.2, -0.15) is 5.10 Å². The molecule has 0 saturated carbocycles. The molecule has 0 saturated heterocycles. The Morgan fingerprint density at radius 1 is 1.03 bits per heavy atom. The first-order chi connectivity index (χ1) is 14.4. The fourth-order valence-corrected chi connectivity index (χ4v) is 3.40. The topological polar surface area (TPSA) is 73.2 Å². The second kappa shape index (κ2) is 9.39. The van der Waals surface area contributed by atoms with E-state index in [4.69, 9.17) is 4.74 Å². The molecule has 2 aromatic carbocycles. The van der Waals surface area contributed by atoms with E-state index in [1.165, 1.54) is 12.7 Å². The molecule has 0 unspecified atom stereocenters. The Kier molecular flexibility index (Phi) is 6.67. The van der Waals surface area contributed by atoms with Gasteiger partial charge in [-0.3, -0.25) is 9.59 Å². The molecular formula is C24H27N3O3. The highest BCUT2D eigenvalue weighted by atomic mass is 16.5. The van der Waals surface area contributed by atoms with Gasteiger partial charge in [0.25, 0.3) is 5.91 Å². The van der Waals surface area contributed by atoms with E-state index in [0.29, 0.717) is 18.4 Å². The first-order valence-corrected chi connectivity index (χ1v) is 10.1. The zero-order chi connectivity index (χ0) is 21.7. The minimum atomic E-state index is -0.235. The van der Waals surface area contributed by atoms with E-state index in [-0.39, 0.29) is 11.9 Å². The van der Waals surface area contributed by atoms with Crippen LogP contribution in [-0.2, 0) is 22.4 Å². The molecule has 1 heterocycles. The van der Waals surface area contributed by atoms with Gasteiger partial charge in [0.1, 0.15) is 0 Å². The van der Waals surface area contributed by atoms with E-state index in [9.17, 15) is 9.59 Å². The van der Waals surface area contributed by atoms with Crippen LogP contribution in [0.4, 0.5) is 5.69 Å². The molecule has 1 amide bonds. The molecule has 0 aliphatic rings. The van der Waals surface area contributed by atoms with Crippen molar-refractivity contribution in [3.05, 3.63) is 76.6 Å². The molecule has 0 fully saturated rings. The van der Waals surface area contributed by atoms with Gasteiger partial charge in [-0.15, -0.1) is 0 Å². The molecular weight excluding hydrogens is 378 g/mol. The molecule has 3 aromatic rings. The highest BCUT2D eigenvalue weighted by Gasteiger charge is 2.15. The van der Waals surface area contributed by atoms with Crippen LogP contribution in [0.5, 0.6) is 0 Å². The number of hydrogen-bond donors (Lipinski definition) is 1. The fraction of sp³-hybridized carbons (Fsp3) is 0.292. The minimum absolute atomic E-state index is 0.155. The summed E-state index contributed by atoms with van der Waals surface area (Å²) >= 11 is 0. The van der Waals surface area contributed by atoms with Crippen LogP contribution >= 0.6 is 0 Å². The maximum absolute atomic E-state index is 12.5. The van der Waals surface area contributed by atoms with E-state index < -0.39 is 0 Å². The summed E-state index contributed by atoms with van der Waals surface area (Å²) in [4.78, 5) is 24.0. The van der Waals surface area contributed by atoms with E-state index in [1.807, 2.05) is 54.9 Å². The zero-order valence-corrected chi connectivity index (χ0v) is 17.9. The van der Waals surface area contributed by atoms with Crippen molar-refractivity contribution >= 4 is 17.6 Å². The van der Waals surface area contributed by atoms with Crippen LogP contribution in [0.3, 0.4) is 0 Å². The highest BCUT2D eigenvalue weighted by molar-refractivity contribution is 6.04. The number of hydrogen-bond acceptors (Lipinski definition) is 4. The van der Waals surface area contributed by atoms with Crippen LogP contribution in [0.1, 0.15) is 46.2 Å². The number of nitrogens with zero attached hydrogens (tertiary/aromatic N) is 2. The Labute approximate surface area is 176 Å². The number of nitrogens with one attached hydrogen (secondary N) is 1. The van der Waals surface area contributed by atoms with E-state index in [1.54, 1.807) is 12.1 Å². The monoisotopic (exact) mass is 405 g/mol. The van der Waals surface area contributed by atoms with Crippen molar-refractivity contribution in [3.63, 3.8) is 0 Å². The molecule has 30 heavy (non-hydrogen) atoms. The largest absolute Gasteiger partial charge is 0.469 e. The average molecular weight is 405 g/mol. The number of carbonyl (C=O) groups is 2. The normalized spacial score (nSPS) is 10.7. The van der Waals surface area contributed by atoms with Gasteiger partial charge in [0, 0.05) is 23.4 Å². The summed E-state index contributed by atoms with van der Waals surface area (Å²) in [6.45, 7) is 6.01. The average Bonchev–Trinajstić information content (AvgIpc) is 3.06. The van der Waals surface area contributed by atoms with Gasteiger partial charge in [-0.05, 0) is 74.2 Å². The van der Waals surface area contributed by atoms with Crippen molar-refractivity contribution in [1.29, 1.82) is 0 Å². The third-order valence-electron chi connectivity index (χ3n) is 5.24. The Bertz CT molecular complexity index is 1030. The third-order valence-corrected chi connectivity index (χ3v) is 5.24. The van der Waals surface area contributed by atoms with E-state index >= 15 is 0 Å². The van der Waals surface area contributed by atoms with Crippen molar-refractivity contribution in [1.82, 2.24) is 9.78 Å². The maximum atomic E-state index is 12.5. The molecule has 6 heteroatoms. The van der Waals surface area contributed by atoms with Gasteiger partial charge in [0.15, 0.2) is 0 Å². The lowest BCUT2D eigenvalue weighted by Gasteiger charge is -2.08. The number of rotatable bonds is 7. The number of amides is 1. The van der Waals surface area contributed by atoms with Crippen LogP contribution in [-0.4, -0.2) is 28.8 Å². The molecule has 1 aromatic heterocycles. The lowest BCUT2D eigenvalue weighted by atomic mass is 10.1. The summed E-state index contributed by atoms with van der Waals surface area (Å²) in [7, 11) is 1.39. The Morgan fingerprint density at radius 3 is 2.30 bits per heavy atom. The summed E-state index contributed by atoms with van der Waals surface area (Å²) in [5.74, 6) is -0.390. The Hall–Kier alpha value is -3.41. The SMILES string of the molecule is CCc1ccc(NC(=O)c2ccc(-n3nc(C)c(CCC(=O)OC)c3C)cc2)cc1. The molecule has 0 aliphatic carbocycles. The van der Waals surface area contributed by atoms with Gasteiger partial charge in [-0.1, -0.05) is 19.1 Å². The van der Waals surface area contributed by atoms with Crippen molar-refractivity contribution in [2.75, 3.05) is 12.4 Å². The lowest BCUT2D eigenvalue weighted by Crippen LogP contribution is -2.12. The van der Waals surface area contributed by atoms with Crippen LogP contribution in [0.25, 0.3) is 5.69 Å². The number of aromatic nitrogens is 2. The lowest BCUT2D eigenvalue weighted by molar-refractivity contribution is -0.140. The van der Waals surface area contributed by atoms with Crippen LogP contribution < -0.4 is 5.32 Å². The Balaban J connectivity index is 1.73. The predicted octanol–water partition coefficient (Wildman–Crippen LogP) is 4.41. The summed E-state index contributed by atoms with van der Waals surface area (Å²) < 4.78 is 6.57. The Morgan fingerprint density at radius 2 is 1.70 bits per heavy atom. The highest BCUT2D eigenvalue weighted by Crippen LogP contribution is 2.20. The molecule has 6 nitrogen and oxygen atoms in total. The number of methoxy groups -OCH3 is 1. The number of aryl methyl sites for hydroxylation is 2. The number of carbonyl (C=O) groups excluding carboxylic acids is 2. The smallest absolute Gasteiger partial charge is 0.305 e. The summed E-state index contributed by atoms with van der Waals surface area (Å²) in [5, 5.41) is 7.53. The number of benzene rings is 2. The molecule has 0 atom stereocenters. The second-order valence-corrected chi connectivity index (χ2v) is 7.19. The molecule has 3 rings (SSSR count). The number of ether oxygens (including phenoxy) is 1. The molecule has 0 aliphatic heterocycles. The van der Waals surface area contributed by atoms with E-state index in [2.05, 4.69) is 17.3 Å². The standard InChI is InChI=1S/C24H27N3O3/c1-5-18-6-10-20(11-7-18)25-24(29)19-8-12-21(13-9-19)27-17(3)22(16(2)26-27)14-15-23(28)30-4/h6-13H,5,14-15H2,1-4H3,(H,25,29). The number of anilines is 1. The fourth-order valence-electron chi connectivity index (χ4n) is 3.40. The molecule has 0 bridgehead atoms. The van der Waals surface area contributed by atoms with Crippen LogP contribution in [0, 0.1) is 13.8 Å². The second-order valence-electron chi connectivity index (χ2n) is 7.19. The first-order valence-electron chi connectivity index (χ1n) is 10.1.